The molecule has 0 spiro atoms. The first-order valence-electron chi connectivity index (χ1n) is 27.6. The molecular formula is C69H84BrCl3K2N6O14. The van der Waals surface area contributed by atoms with Crippen molar-refractivity contribution in [1.82, 2.24) is 29.3 Å². The van der Waals surface area contributed by atoms with E-state index in [1.165, 1.54) is 14.2 Å². The fraction of sp³-hybridized carbons (Fsp3) is 0.290. The van der Waals surface area contributed by atoms with Crippen molar-refractivity contribution in [1.29, 1.82) is 0 Å². The number of ether oxygens (including phenoxy) is 6. The van der Waals surface area contributed by atoms with Crippen molar-refractivity contribution in [2.45, 2.75) is 106 Å². The van der Waals surface area contributed by atoms with E-state index in [1.54, 1.807) is 109 Å². The van der Waals surface area contributed by atoms with E-state index < -0.39 is 24.1 Å². The third-order valence-corrected chi connectivity index (χ3v) is 14.3. The van der Waals surface area contributed by atoms with Gasteiger partial charge in [-0.05, 0) is 106 Å². The molecule has 3 aromatic heterocycles. The quantitative estimate of drug-likeness (QED) is 0.0202. The van der Waals surface area contributed by atoms with Crippen molar-refractivity contribution < 1.29 is 172 Å². The van der Waals surface area contributed by atoms with E-state index in [-0.39, 0.29) is 163 Å². The average molecular weight is 1490 g/mol. The molecule has 0 amide bonds. The number of rotatable bonds is 18. The minimum atomic E-state index is -1.11. The van der Waals surface area contributed by atoms with E-state index in [0.29, 0.717) is 61.9 Å². The minimum absolute atomic E-state index is 0. The molecule has 4 unspecified atom stereocenters. The van der Waals surface area contributed by atoms with Crippen LogP contribution < -0.4 is 118 Å². The number of aromatic nitrogens is 6. The zero-order valence-corrected chi connectivity index (χ0v) is 61.5. The van der Waals surface area contributed by atoms with Gasteiger partial charge in [-0.1, -0.05) is 171 Å². The monoisotopic (exact) mass is 1480 g/mol. The number of methoxy groups -OCH3 is 3. The third kappa shape index (κ3) is 29.0. The van der Waals surface area contributed by atoms with E-state index in [4.69, 9.17) is 68.5 Å². The fourth-order valence-corrected chi connectivity index (χ4v) is 9.50. The van der Waals surface area contributed by atoms with Crippen LogP contribution >= 0.6 is 50.7 Å². The van der Waals surface area contributed by atoms with Crippen molar-refractivity contribution in [3.05, 3.63) is 214 Å². The molecule has 4 atom stereocenters. The van der Waals surface area contributed by atoms with Gasteiger partial charge < -0.3 is 50.2 Å². The van der Waals surface area contributed by atoms with Crippen LogP contribution in [0.2, 0.25) is 15.1 Å². The van der Waals surface area contributed by atoms with Crippen LogP contribution in [-0.4, -0.2) is 98.2 Å². The predicted octanol–water partition coefficient (Wildman–Crippen LogP) is 10.0. The Kier molecular flexibility index (Phi) is 48.4. The smallest absolute Gasteiger partial charge is 1.00 e. The van der Waals surface area contributed by atoms with Gasteiger partial charge in [0.1, 0.15) is 22.1 Å². The summed E-state index contributed by atoms with van der Waals surface area (Å²) in [4.78, 5) is 46.0. The van der Waals surface area contributed by atoms with Gasteiger partial charge in [0.25, 0.3) is 6.47 Å². The number of carboxylic acids is 1. The molecule has 0 aliphatic carbocycles. The van der Waals surface area contributed by atoms with Crippen LogP contribution in [-0.2, 0) is 62.6 Å². The molecule has 1 saturated heterocycles. The maximum absolute atomic E-state index is 12.3. The zero-order valence-electron chi connectivity index (χ0n) is 52.4. The van der Waals surface area contributed by atoms with Gasteiger partial charge in [-0.25, -0.2) is 9.59 Å². The van der Waals surface area contributed by atoms with Gasteiger partial charge in [0, 0.05) is 101 Å². The summed E-state index contributed by atoms with van der Waals surface area (Å²) in [5, 5.41) is 42.2. The number of alkyl halides is 1. The van der Waals surface area contributed by atoms with Crippen LogP contribution in [0.3, 0.4) is 0 Å². The first-order chi connectivity index (χ1) is 43.0. The summed E-state index contributed by atoms with van der Waals surface area (Å²) >= 11 is 21.5. The minimum Gasteiger partial charge on any atom is -1.00 e. The van der Waals surface area contributed by atoms with Crippen molar-refractivity contribution >= 4 is 75.1 Å². The van der Waals surface area contributed by atoms with E-state index in [9.17, 15) is 24.6 Å². The summed E-state index contributed by atoms with van der Waals surface area (Å²) in [6, 6.07) is 48.5. The van der Waals surface area contributed by atoms with E-state index in [0.717, 1.165) is 54.2 Å². The van der Waals surface area contributed by atoms with Crippen LogP contribution in [0.4, 0.5) is 0 Å². The Hall–Kier alpha value is -5.27. The molecule has 9 aromatic rings. The van der Waals surface area contributed by atoms with Gasteiger partial charge in [0.15, 0.2) is 6.29 Å². The van der Waals surface area contributed by atoms with Crippen molar-refractivity contribution in [3.8, 4) is 51.0 Å². The van der Waals surface area contributed by atoms with E-state index in [2.05, 4.69) is 40.9 Å². The summed E-state index contributed by atoms with van der Waals surface area (Å²) in [7, 11) is 4.39. The summed E-state index contributed by atoms with van der Waals surface area (Å²) < 4.78 is 36.9. The number of carbonyl (C=O) groups is 4. The van der Waals surface area contributed by atoms with Crippen molar-refractivity contribution in [2.75, 3.05) is 27.9 Å². The number of halogens is 4. The Bertz CT molecular complexity index is 3610. The summed E-state index contributed by atoms with van der Waals surface area (Å²) in [6.45, 7) is 8.81. The molecule has 0 saturated carbocycles. The molecule has 6 aromatic carbocycles. The number of carboxylic acid groups (broad SMARTS) is 1. The number of phenolic OH excluding ortho intramolecular Hbond substituents is 1. The second-order valence-electron chi connectivity index (χ2n) is 18.4. The molecule has 504 valence electrons. The Labute approximate surface area is 667 Å². The number of hydrogen-bond acceptors (Lipinski definition) is 16. The van der Waals surface area contributed by atoms with Crippen LogP contribution in [0, 0.1) is 0 Å². The molecule has 1 aliphatic heterocycles. The normalized spacial score (nSPS) is 12.1. The van der Waals surface area contributed by atoms with Gasteiger partial charge in [0.05, 0.1) is 31.3 Å². The number of aryl methyl sites for hydroxylation is 3. The molecule has 1 aliphatic rings. The molecule has 0 radical (unpaired) electrons. The van der Waals surface area contributed by atoms with E-state index in [1.807, 2.05) is 115 Å². The second-order valence-corrected chi connectivity index (χ2v) is 20.6. The van der Waals surface area contributed by atoms with Crippen LogP contribution in [0.25, 0.3) is 33.8 Å². The van der Waals surface area contributed by atoms with Gasteiger partial charge in [-0.15, -0.1) is 0 Å². The standard InChI is InChI=1S/C20H19ClN2O3.C19H17ClN2O3.C11H11ClN2O.C9H9BrO2.C5H10O2.CH2O3.4CH4.2K.H/c1-3-23-17(11-12-22-23)16-13-15(21)9-10-18(16)26-19(20(24)25-2)14-7-5-4-6-8-14;1-2-22-16(10-11-21-22)15-12-14(20)8-9-17(15)25-18(19(23)24)13-6-4-3-5-7-13;1-2-14-10(5-6-13-14)9-7-8(12)3-4-11(9)15;1-12-9(11)8(10)7-5-3-2-4-6-7;1-6-5-3-2-4-7-5;2-1-4-3;;;;;;;/h4-13,19H,3H2,1-2H3;3-12,18H,2H2,1H3,(H,23,24);3-7,15H,2H2,1H3;2-6,8H,1H3;5H,2-4H2,1H3;1,3H;4*1H4;;;/q;;;;;;;;;;2*+1;-1/p-1. The molecule has 26 heteroatoms. The Balaban J connectivity index is -0.00000115. The number of aromatic hydroxyl groups is 1. The first-order valence-corrected chi connectivity index (χ1v) is 29.6. The van der Waals surface area contributed by atoms with E-state index >= 15 is 0 Å². The van der Waals surface area contributed by atoms with Gasteiger partial charge in [0.2, 0.25) is 12.2 Å². The zero-order chi connectivity index (χ0) is 64.7. The van der Waals surface area contributed by atoms with Gasteiger partial charge >= 0.3 is 121 Å². The molecule has 95 heavy (non-hydrogen) atoms. The third-order valence-electron chi connectivity index (χ3n) is 12.7. The molecule has 4 heterocycles. The Morgan fingerprint density at radius 2 is 0.968 bits per heavy atom. The summed E-state index contributed by atoms with van der Waals surface area (Å²) in [5.41, 5.74) is 6.92. The number of benzene rings is 6. The second kappa shape index (κ2) is 50.1. The van der Waals surface area contributed by atoms with Crippen molar-refractivity contribution in [3.63, 3.8) is 0 Å². The maximum Gasteiger partial charge on any atom is 1.00 e. The van der Waals surface area contributed by atoms with Crippen LogP contribution in [0.5, 0.6) is 17.2 Å². The fourth-order valence-electron chi connectivity index (χ4n) is 8.49. The molecule has 10 rings (SSSR count). The molecule has 1 fully saturated rings. The maximum atomic E-state index is 12.3. The number of nitrogens with zero attached hydrogens (tertiary/aromatic N) is 6. The molecule has 0 bridgehead atoms. The average Bonchev–Trinajstić information content (AvgIpc) is 1.37. The summed E-state index contributed by atoms with van der Waals surface area (Å²) in [6.07, 6.45) is 5.44. The molecule has 20 nitrogen and oxygen atoms in total. The predicted molar refractivity (Wildman–Crippen MR) is 367 cm³/mol. The largest absolute Gasteiger partial charge is 1.00 e. The molecular weight excluding hydrogens is 1400 g/mol. The van der Waals surface area contributed by atoms with Crippen LogP contribution in [0.1, 0.15) is 98.5 Å². The first kappa shape index (κ1) is 91.8. The number of esters is 2. The van der Waals surface area contributed by atoms with Crippen molar-refractivity contribution in [2.24, 2.45) is 0 Å². The topological polar surface area (TPSA) is 250 Å². The number of aliphatic carboxylic acids is 1. The van der Waals surface area contributed by atoms with Crippen LogP contribution in [0.15, 0.2) is 182 Å². The Morgan fingerprint density at radius 1 is 0.600 bits per heavy atom. The van der Waals surface area contributed by atoms with Gasteiger partial charge in [-0.3, -0.25) is 23.6 Å². The Morgan fingerprint density at radius 3 is 1.32 bits per heavy atom. The molecule has 2 N–H and O–H groups in total. The summed E-state index contributed by atoms with van der Waals surface area (Å²) in [5.74, 6) is -0.618. The number of hydrogen-bond donors (Lipinski definition) is 2. The number of phenols is 1. The van der Waals surface area contributed by atoms with Gasteiger partial charge in [-0.2, -0.15) is 15.3 Å². The SMILES string of the molecule is C.C.C.C.CCn1nccc1-c1cc(Cl)ccc1O.CCn1nccc1-c1cc(Cl)ccc1OC(C(=O)O)c1ccccc1.CCn1nccc1-c1cc(Cl)ccc1OC(C(=O)OC)c1ccccc1.COC(=O)C(Br)c1ccccc1.COC1CCCO1.O=CO[O-].[H-].[K+].[K+]. The number of carbonyl (C=O) groups excluding carboxylic acids is 3.